The topological polar surface area (TPSA) is 49.9 Å². The van der Waals surface area contributed by atoms with Crippen molar-refractivity contribution in [1.82, 2.24) is 9.80 Å². The zero-order chi connectivity index (χ0) is 16.3. The second-order valence-electron chi connectivity index (χ2n) is 5.30. The van der Waals surface area contributed by atoms with E-state index < -0.39 is 0 Å². The van der Waals surface area contributed by atoms with Gasteiger partial charge in [0.1, 0.15) is 16.6 Å². The second-order valence-corrected chi connectivity index (χ2v) is 6.16. The summed E-state index contributed by atoms with van der Waals surface area (Å²) in [6.07, 6.45) is 6.80. The number of nitrogens with zero attached hydrogens (tertiary/aromatic N) is 2. The molecule has 2 amide bonds. The number of carbonyl (C=O) groups excluding carboxylic acids is 2. The first kappa shape index (κ1) is 16.7. The lowest BCUT2D eigenvalue weighted by molar-refractivity contribution is -0.139. The van der Waals surface area contributed by atoms with Crippen LogP contribution >= 0.6 is 15.9 Å². The Balaban J connectivity index is 2.13. The SMILES string of the molecule is CCC(=O)N1CCN(C(=O)C2=C(Br)C=[C+]C(OC)=C2)C(C)C1. The van der Waals surface area contributed by atoms with Crippen molar-refractivity contribution in [3.8, 4) is 0 Å². The average Bonchev–Trinajstić information content (AvgIpc) is 2.53. The van der Waals surface area contributed by atoms with Gasteiger partial charge in [-0.25, -0.2) is 0 Å². The van der Waals surface area contributed by atoms with E-state index in [9.17, 15) is 9.59 Å². The number of amides is 2. The average molecular weight is 368 g/mol. The van der Waals surface area contributed by atoms with Crippen LogP contribution in [0.1, 0.15) is 20.3 Å². The van der Waals surface area contributed by atoms with Crippen molar-refractivity contribution < 1.29 is 14.3 Å². The van der Waals surface area contributed by atoms with Crippen LogP contribution in [0, 0.1) is 6.08 Å². The van der Waals surface area contributed by atoms with Gasteiger partial charge in [0, 0.05) is 48.0 Å². The number of rotatable bonds is 3. The Labute approximate surface area is 139 Å². The predicted octanol–water partition coefficient (Wildman–Crippen LogP) is 2.01. The van der Waals surface area contributed by atoms with Crippen molar-refractivity contribution in [2.45, 2.75) is 26.3 Å². The maximum Gasteiger partial charge on any atom is 0.290 e. The highest BCUT2D eigenvalue weighted by Crippen LogP contribution is 2.25. The van der Waals surface area contributed by atoms with Crippen LogP contribution < -0.4 is 0 Å². The first-order chi connectivity index (χ1) is 10.5. The Kier molecular flexibility index (Phi) is 5.37. The van der Waals surface area contributed by atoms with Crippen LogP contribution in [-0.2, 0) is 14.3 Å². The van der Waals surface area contributed by atoms with E-state index >= 15 is 0 Å². The first-order valence-corrected chi connectivity index (χ1v) is 8.11. The standard InChI is InChI=1S/C16H20BrN2O3/c1-4-15(20)18-7-8-19(11(2)10-18)16(21)13-9-12(22-3)5-6-14(13)17/h6,9,11H,4,7-8,10H2,1-3H3/q+1. The third-order valence-electron chi connectivity index (χ3n) is 3.87. The summed E-state index contributed by atoms with van der Waals surface area (Å²) in [5.41, 5.74) is 0.553. The fourth-order valence-electron chi connectivity index (χ4n) is 2.60. The Morgan fingerprint density at radius 2 is 2.18 bits per heavy atom. The van der Waals surface area contributed by atoms with Gasteiger partial charge in [-0.2, -0.15) is 0 Å². The van der Waals surface area contributed by atoms with Gasteiger partial charge in [-0.1, -0.05) is 6.92 Å². The molecule has 0 aromatic rings. The minimum atomic E-state index is -0.0599. The maximum absolute atomic E-state index is 12.8. The molecule has 5 nitrogen and oxygen atoms in total. The number of carbonyl (C=O) groups is 2. The Bertz CT molecular complexity index is 566. The van der Waals surface area contributed by atoms with Gasteiger partial charge in [-0.15, -0.1) is 0 Å². The van der Waals surface area contributed by atoms with Crippen LogP contribution in [0.5, 0.6) is 0 Å². The summed E-state index contributed by atoms with van der Waals surface area (Å²) in [6, 6.07) is -0.0150. The highest BCUT2D eigenvalue weighted by atomic mass is 79.9. The molecule has 1 fully saturated rings. The van der Waals surface area contributed by atoms with Gasteiger partial charge in [0.05, 0.1) is 13.2 Å². The molecule has 0 N–H and O–H groups in total. The van der Waals surface area contributed by atoms with E-state index in [-0.39, 0.29) is 17.9 Å². The summed E-state index contributed by atoms with van der Waals surface area (Å²) in [5, 5.41) is 0. The largest absolute Gasteiger partial charge is 0.469 e. The normalized spacial score (nSPS) is 21.5. The molecule has 0 aromatic heterocycles. The highest BCUT2D eigenvalue weighted by Gasteiger charge is 2.34. The number of ether oxygens (including phenoxy) is 1. The number of allylic oxidation sites excluding steroid dienone is 3. The molecule has 0 spiro atoms. The van der Waals surface area contributed by atoms with Crippen LogP contribution in [0.2, 0.25) is 0 Å². The summed E-state index contributed by atoms with van der Waals surface area (Å²) >= 11 is 3.39. The smallest absolute Gasteiger partial charge is 0.290 e. The minimum absolute atomic E-state index is 0.0150. The zero-order valence-electron chi connectivity index (χ0n) is 13.1. The summed E-state index contributed by atoms with van der Waals surface area (Å²) < 4.78 is 5.83. The molecular formula is C16H20BrN2O3+. The van der Waals surface area contributed by atoms with Gasteiger partial charge in [0.15, 0.2) is 5.57 Å². The summed E-state index contributed by atoms with van der Waals surface area (Å²) in [6.45, 7) is 5.52. The van der Waals surface area contributed by atoms with Crippen LogP contribution in [0.15, 0.2) is 28.0 Å². The zero-order valence-corrected chi connectivity index (χ0v) is 14.6. The van der Waals surface area contributed by atoms with Gasteiger partial charge in [0.25, 0.3) is 11.7 Å². The number of hydrogen-bond acceptors (Lipinski definition) is 3. The van der Waals surface area contributed by atoms with Crippen molar-refractivity contribution in [3.63, 3.8) is 0 Å². The van der Waals surface area contributed by atoms with Crippen LogP contribution in [0.3, 0.4) is 0 Å². The van der Waals surface area contributed by atoms with Crippen molar-refractivity contribution in [3.05, 3.63) is 34.0 Å². The molecule has 1 atom stereocenters. The lowest BCUT2D eigenvalue weighted by atomic mass is 10.1. The molecule has 1 saturated heterocycles. The molecule has 1 unspecified atom stereocenters. The van der Waals surface area contributed by atoms with Gasteiger partial charge in [0.2, 0.25) is 5.91 Å². The molecule has 22 heavy (non-hydrogen) atoms. The van der Waals surface area contributed by atoms with Crippen LogP contribution in [0.4, 0.5) is 0 Å². The van der Waals surface area contributed by atoms with E-state index in [4.69, 9.17) is 4.74 Å². The third kappa shape index (κ3) is 3.39. The Hall–Kier alpha value is -1.65. The highest BCUT2D eigenvalue weighted by molar-refractivity contribution is 9.12. The molecule has 0 bridgehead atoms. The molecule has 1 aliphatic heterocycles. The number of hydrogen-bond donors (Lipinski definition) is 0. The summed E-state index contributed by atoms with van der Waals surface area (Å²) in [7, 11) is 1.55. The molecule has 0 radical (unpaired) electrons. The van der Waals surface area contributed by atoms with Gasteiger partial charge < -0.3 is 14.5 Å². The van der Waals surface area contributed by atoms with Gasteiger partial charge in [-0.3, -0.25) is 9.59 Å². The molecule has 2 rings (SSSR count). The van der Waals surface area contributed by atoms with Crippen molar-refractivity contribution in [2.75, 3.05) is 26.7 Å². The van der Waals surface area contributed by atoms with E-state index in [0.29, 0.717) is 41.9 Å². The lowest BCUT2D eigenvalue weighted by Gasteiger charge is -2.39. The molecule has 0 aromatic carbocycles. The van der Waals surface area contributed by atoms with E-state index in [0.717, 1.165) is 0 Å². The van der Waals surface area contributed by atoms with Gasteiger partial charge in [-0.05, 0) is 6.92 Å². The third-order valence-corrected chi connectivity index (χ3v) is 4.52. The first-order valence-electron chi connectivity index (χ1n) is 7.31. The van der Waals surface area contributed by atoms with Crippen molar-refractivity contribution in [2.24, 2.45) is 0 Å². The predicted molar refractivity (Wildman–Crippen MR) is 86.9 cm³/mol. The van der Waals surface area contributed by atoms with Crippen LogP contribution in [-0.4, -0.2) is 54.4 Å². The quantitative estimate of drug-likeness (QED) is 0.717. The number of halogens is 1. The van der Waals surface area contributed by atoms with Gasteiger partial charge >= 0.3 is 0 Å². The van der Waals surface area contributed by atoms with E-state index in [1.165, 1.54) is 0 Å². The van der Waals surface area contributed by atoms with E-state index in [1.54, 1.807) is 24.2 Å². The monoisotopic (exact) mass is 367 g/mol. The Morgan fingerprint density at radius 1 is 1.45 bits per heavy atom. The van der Waals surface area contributed by atoms with Crippen LogP contribution in [0.25, 0.3) is 0 Å². The summed E-state index contributed by atoms with van der Waals surface area (Å²) in [4.78, 5) is 28.2. The number of piperazine rings is 1. The molecule has 0 saturated carbocycles. The molecule has 2 aliphatic rings. The Morgan fingerprint density at radius 3 is 2.77 bits per heavy atom. The fourth-order valence-corrected chi connectivity index (χ4v) is 3.00. The number of methoxy groups -OCH3 is 1. The summed E-state index contributed by atoms with van der Waals surface area (Å²) in [5.74, 6) is 0.602. The molecule has 6 heteroatoms. The molecule has 118 valence electrons. The molecular weight excluding hydrogens is 348 g/mol. The maximum atomic E-state index is 12.8. The van der Waals surface area contributed by atoms with E-state index in [1.807, 2.05) is 18.7 Å². The fraction of sp³-hybridized carbons (Fsp3) is 0.500. The molecule has 1 heterocycles. The minimum Gasteiger partial charge on any atom is -0.469 e. The van der Waals surface area contributed by atoms with Crippen molar-refractivity contribution in [1.29, 1.82) is 0 Å². The molecule has 1 aliphatic carbocycles. The van der Waals surface area contributed by atoms with Crippen molar-refractivity contribution >= 4 is 27.7 Å². The van der Waals surface area contributed by atoms with E-state index in [2.05, 4.69) is 22.0 Å². The lowest BCUT2D eigenvalue weighted by Crippen LogP contribution is -2.55. The second kappa shape index (κ2) is 7.07.